The van der Waals surface area contributed by atoms with E-state index < -0.39 is 15.8 Å². The molecule has 1 aromatic rings. The molecule has 4 nitrogen and oxygen atoms in total. The van der Waals surface area contributed by atoms with Crippen LogP contribution < -0.4 is 10.5 Å². The van der Waals surface area contributed by atoms with Crippen molar-refractivity contribution in [1.82, 2.24) is 4.72 Å². The summed E-state index contributed by atoms with van der Waals surface area (Å²) in [5.74, 6) is -0.440. The molecule has 0 saturated heterocycles. The molecule has 1 fully saturated rings. The van der Waals surface area contributed by atoms with E-state index in [1.54, 1.807) is 6.92 Å². The van der Waals surface area contributed by atoms with E-state index in [1.807, 2.05) is 6.92 Å². The van der Waals surface area contributed by atoms with Crippen LogP contribution in [0.15, 0.2) is 17.0 Å². The zero-order valence-corrected chi connectivity index (χ0v) is 13.3. The van der Waals surface area contributed by atoms with Crippen LogP contribution in [-0.2, 0) is 10.0 Å². The van der Waals surface area contributed by atoms with Gasteiger partial charge in [0.05, 0.1) is 0 Å². The van der Waals surface area contributed by atoms with E-state index >= 15 is 0 Å². The number of halogens is 1. The average Bonchev–Trinajstić information content (AvgIpc) is 2.43. The normalized spacial score (nSPS) is 18.6. The first kappa shape index (κ1) is 16.2. The Morgan fingerprint density at radius 3 is 2.52 bits per heavy atom. The quantitative estimate of drug-likeness (QED) is 0.839. The maximum atomic E-state index is 13.9. The van der Waals surface area contributed by atoms with Crippen LogP contribution in [0.1, 0.15) is 44.6 Å². The molecule has 6 heteroatoms. The van der Waals surface area contributed by atoms with Crippen molar-refractivity contribution in [2.75, 3.05) is 5.73 Å². The van der Waals surface area contributed by atoms with Gasteiger partial charge in [0, 0.05) is 11.7 Å². The molecule has 1 saturated carbocycles. The second-order valence-electron chi connectivity index (χ2n) is 5.95. The lowest BCUT2D eigenvalue weighted by atomic mass is 9.85. The lowest BCUT2D eigenvalue weighted by Crippen LogP contribution is -2.39. The van der Waals surface area contributed by atoms with Gasteiger partial charge >= 0.3 is 0 Å². The molecule has 0 heterocycles. The molecule has 0 aromatic heterocycles. The fourth-order valence-electron chi connectivity index (χ4n) is 2.91. The number of aryl methyl sites for hydroxylation is 1. The van der Waals surface area contributed by atoms with Crippen molar-refractivity contribution in [2.24, 2.45) is 5.92 Å². The Hall–Kier alpha value is -1.14. The third-order valence-corrected chi connectivity index (χ3v) is 5.88. The second-order valence-corrected chi connectivity index (χ2v) is 7.63. The van der Waals surface area contributed by atoms with Crippen molar-refractivity contribution in [3.63, 3.8) is 0 Å². The van der Waals surface area contributed by atoms with Crippen molar-refractivity contribution in [3.05, 3.63) is 23.5 Å². The van der Waals surface area contributed by atoms with Crippen LogP contribution in [-0.4, -0.2) is 14.5 Å². The molecule has 0 radical (unpaired) electrons. The summed E-state index contributed by atoms with van der Waals surface area (Å²) >= 11 is 0. The summed E-state index contributed by atoms with van der Waals surface area (Å²) in [4.78, 5) is -0.367. The summed E-state index contributed by atoms with van der Waals surface area (Å²) in [6.07, 6.45) is 5.49. The Bertz CT molecular complexity index is 610. The Balaban J connectivity index is 2.20. The number of nitrogens with two attached hydrogens (primary N) is 1. The van der Waals surface area contributed by atoms with Gasteiger partial charge in [-0.2, -0.15) is 0 Å². The molecule has 0 aliphatic heterocycles. The van der Waals surface area contributed by atoms with Crippen molar-refractivity contribution >= 4 is 15.7 Å². The van der Waals surface area contributed by atoms with Gasteiger partial charge in [-0.05, 0) is 50.3 Å². The van der Waals surface area contributed by atoms with Crippen molar-refractivity contribution in [1.29, 1.82) is 0 Å². The predicted octanol–water partition coefficient (Wildman–Crippen LogP) is 2.96. The smallest absolute Gasteiger partial charge is 0.243 e. The van der Waals surface area contributed by atoms with Crippen LogP contribution in [0.4, 0.5) is 10.1 Å². The minimum Gasteiger partial charge on any atom is -0.398 e. The molecular weight excluding hydrogens is 291 g/mol. The molecule has 2 rings (SSSR count). The van der Waals surface area contributed by atoms with Crippen LogP contribution in [0.3, 0.4) is 0 Å². The molecule has 1 aromatic carbocycles. The monoisotopic (exact) mass is 314 g/mol. The van der Waals surface area contributed by atoms with Gasteiger partial charge in [0.2, 0.25) is 10.0 Å². The molecule has 0 spiro atoms. The Morgan fingerprint density at radius 2 is 1.90 bits per heavy atom. The summed E-state index contributed by atoms with van der Waals surface area (Å²) in [5, 5.41) is 0. The van der Waals surface area contributed by atoms with Crippen LogP contribution in [0.2, 0.25) is 0 Å². The van der Waals surface area contributed by atoms with E-state index in [2.05, 4.69) is 4.72 Å². The summed E-state index contributed by atoms with van der Waals surface area (Å²) in [6, 6.07) is 2.16. The highest BCUT2D eigenvalue weighted by atomic mass is 32.2. The highest BCUT2D eigenvalue weighted by Crippen LogP contribution is 2.28. The summed E-state index contributed by atoms with van der Waals surface area (Å²) in [5.41, 5.74) is 6.51. The molecule has 1 aliphatic rings. The van der Waals surface area contributed by atoms with E-state index in [4.69, 9.17) is 5.73 Å². The van der Waals surface area contributed by atoms with E-state index in [0.29, 0.717) is 11.5 Å². The van der Waals surface area contributed by atoms with Crippen LogP contribution in [0.25, 0.3) is 0 Å². The first-order valence-corrected chi connectivity index (χ1v) is 8.87. The fraction of sp³-hybridized carbons (Fsp3) is 0.600. The average molecular weight is 314 g/mol. The number of anilines is 1. The Labute approximate surface area is 126 Å². The van der Waals surface area contributed by atoms with Gasteiger partial charge in [-0.25, -0.2) is 17.5 Å². The van der Waals surface area contributed by atoms with Crippen molar-refractivity contribution in [2.45, 2.75) is 56.9 Å². The van der Waals surface area contributed by atoms with Gasteiger partial charge in [-0.15, -0.1) is 0 Å². The zero-order chi connectivity index (χ0) is 15.6. The number of hydrogen-bond acceptors (Lipinski definition) is 3. The molecule has 1 unspecified atom stereocenters. The molecule has 1 atom stereocenters. The summed E-state index contributed by atoms with van der Waals surface area (Å²) in [6.45, 7) is 3.50. The minimum absolute atomic E-state index is 0.197. The summed E-state index contributed by atoms with van der Waals surface area (Å²) < 4.78 is 41.3. The van der Waals surface area contributed by atoms with Crippen LogP contribution >= 0.6 is 0 Å². The van der Waals surface area contributed by atoms with Crippen molar-refractivity contribution in [3.8, 4) is 0 Å². The molecule has 118 valence electrons. The molecule has 0 bridgehead atoms. The van der Waals surface area contributed by atoms with Crippen LogP contribution in [0, 0.1) is 18.7 Å². The van der Waals surface area contributed by atoms with E-state index in [-0.39, 0.29) is 16.6 Å². The van der Waals surface area contributed by atoms with Crippen molar-refractivity contribution < 1.29 is 12.8 Å². The second kappa shape index (κ2) is 6.32. The number of sulfonamides is 1. The third-order valence-electron chi connectivity index (χ3n) is 4.31. The zero-order valence-electron chi connectivity index (χ0n) is 12.5. The summed E-state index contributed by atoms with van der Waals surface area (Å²) in [7, 11) is -3.88. The highest BCUT2D eigenvalue weighted by Gasteiger charge is 2.27. The Morgan fingerprint density at radius 1 is 1.29 bits per heavy atom. The fourth-order valence-corrected chi connectivity index (χ4v) is 4.32. The highest BCUT2D eigenvalue weighted by molar-refractivity contribution is 7.89. The molecule has 3 N–H and O–H groups in total. The lowest BCUT2D eigenvalue weighted by molar-refractivity contribution is 0.303. The first-order valence-electron chi connectivity index (χ1n) is 7.39. The number of benzene rings is 1. The van der Waals surface area contributed by atoms with Gasteiger partial charge < -0.3 is 5.73 Å². The van der Waals surface area contributed by atoms with E-state index in [1.165, 1.54) is 12.5 Å². The van der Waals surface area contributed by atoms with Crippen LogP contribution in [0.5, 0.6) is 0 Å². The third kappa shape index (κ3) is 3.74. The van der Waals surface area contributed by atoms with Gasteiger partial charge in [0.1, 0.15) is 10.7 Å². The molecular formula is C15H23FN2O2S. The molecule has 1 aliphatic carbocycles. The molecule has 21 heavy (non-hydrogen) atoms. The Kier molecular flexibility index (Phi) is 4.88. The number of rotatable bonds is 4. The van der Waals surface area contributed by atoms with Gasteiger partial charge in [-0.3, -0.25) is 0 Å². The standard InChI is InChI=1S/C15H23FN2O2S/c1-10-8-13(16)15(9-14(10)17)21(19,20)18-11(2)12-6-4-3-5-7-12/h8-9,11-12,18H,3-7,17H2,1-2H3. The van der Waals surface area contributed by atoms with Gasteiger partial charge in [0.15, 0.2) is 0 Å². The maximum absolute atomic E-state index is 13.9. The van der Waals surface area contributed by atoms with E-state index in [0.717, 1.165) is 31.7 Å². The number of nitrogens with one attached hydrogen (secondary N) is 1. The van der Waals surface area contributed by atoms with E-state index in [9.17, 15) is 12.8 Å². The number of hydrogen-bond donors (Lipinski definition) is 2. The molecule has 0 amide bonds. The predicted molar refractivity (Wildman–Crippen MR) is 81.9 cm³/mol. The first-order chi connectivity index (χ1) is 9.81. The number of nitrogen functional groups attached to an aromatic ring is 1. The largest absolute Gasteiger partial charge is 0.398 e. The van der Waals surface area contributed by atoms with Gasteiger partial charge in [-0.1, -0.05) is 19.3 Å². The van der Waals surface area contributed by atoms with Gasteiger partial charge in [0.25, 0.3) is 0 Å². The SMILES string of the molecule is Cc1cc(F)c(S(=O)(=O)NC(C)C2CCCCC2)cc1N. The lowest BCUT2D eigenvalue weighted by Gasteiger charge is -2.28. The minimum atomic E-state index is -3.88. The topological polar surface area (TPSA) is 72.2 Å². The maximum Gasteiger partial charge on any atom is 0.243 e.